The smallest absolute Gasteiger partial charge is 0.430 e. The van der Waals surface area contributed by atoms with Gasteiger partial charge in [0.05, 0.1) is 24.6 Å². The van der Waals surface area contributed by atoms with E-state index in [9.17, 15) is 14.4 Å². The summed E-state index contributed by atoms with van der Waals surface area (Å²) in [4.78, 5) is 39.5. The van der Waals surface area contributed by atoms with Crippen molar-refractivity contribution >= 4 is 29.5 Å². The quantitative estimate of drug-likeness (QED) is 0.672. The molecule has 0 aliphatic carbocycles. The molecular weight excluding hydrogens is 424 g/mol. The molecule has 33 heavy (non-hydrogen) atoms. The summed E-state index contributed by atoms with van der Waals surface area (Å²) in [5, 5.41) is 6.65. The van der Waals surface area contributed by atoms with Gasteiger partial charge in [0.25, 0.3) is 5.91 Å². The Morgan fingerprint density at radius 2 is 1.64 bits per heavy atom. The molecule has 3 amide bonds. The van der Waals surface area contributed by atoms with Crippen molar-refractivity contribution in [1.29, 1.82) is 0 Å². The number of hydrazone groups is 1. The molecule has 9 heteroatoms. The highest BCUT2D eigenvalue weighted by Crippen LogP contribution is 2.34. The van der Waals surface area contributed by atoms with Crippen molar-refractivity contribution in [3.8, 4) is 0 Å². The SMILES string of the molecule is CCOC(=O)NN(C(=O)OCC)[C@@]1(Cc2ccccc2C)C(=O)N(c2ccccc2)N=C1C. The van der Waals surface area contributed by atoms with Gasteiger partial charge in [-0.15, -0.1) is 0 Å². The number of nitrogens with one attached hydrogen (secondary N) is 1. The summed E-state index contributed by atoms with van der Waals surface area (Å²) in [6.45, 7) is 6.98. The van der Waals surface area contributed by atoms with Gasteiger partial charge in [-0.3, -0.25) is 4.79 Å². The lowest BCUT2D eigenvalue weighted by Gasteiger charge is -2.38. The second-order valence-corrected chi connectivity index (χ2v) is 7.47. The van der Waals surface area contributed by atoms with Gasteiger partial charge >= 0.3 is 12.2 Å². The number of rotatable bonds is 6. The minimum Gasteiger partial charge on any atom is -0.449 e. The molecule has 1 heterocycles. The standard InChI is InChI=1S/C24H28N4O5/c1-5-32-22(30)26-28(23(31)33-6-2)24(16-19-13-11-10-12-17(19)3)18(4)25-27(21(24)29)20-14-8-7-9-15-20/h7-15H,5-6,16H2,1-4H3,(H,26,30)/t24-/m1/s1. The van der Waals surface area contributed by atoms with Crippen LogP contribution < -0.4 is 10.4 Å². The topological polar surface area (TPSA) is 101 Å². The van der Waals surface area contributed by atoms with Crippen LogP contribution in [0.3, 0.4) is 0 Å². The Balaban J connectivity index is 2.16. The highest BCUT2D eigenvalue weighted by atomic mass is 16.6. The molecule has 0 unspecified atom stereocenters. The second kappa shape index (κ2) is 10.2. The van der Waals surface area contributed by atoms with E-state index in [-0.39, 0.29) is 19.6 Å². The maximum atomic E-state index is 14.0. The van der Waals surface area contributed by atoms with E-state index in [0.29, 0.717) is 11.4 Å². The van der Waals surface area contributed by atoms with E-state index in [1.807, 2.05) is 37.3 Å². The lowest BCUT2D eigenvalue weighted by molar-refractivity contribution is -0.126. The molecule has 2 aromatic carbocycles. The Kier molecular flexibility index (Phi) is 7.32. The molecule has 0 aromatic heterocycles. The number of para-hydroxylation sites is 1. The molecule has 0 fully saturated rings. The third-order valence-electron chi connectivity index (χ3n) is 5.41. The van der Waals surface area contributed by atoms with Gasteiger partial charge in [-0.2, -0.15) is 15.1 Å². The third-order valence-corrected chi connectivity index (χ3v) is 5.41. The van der Waals surface area contributed by atoms with E-state index in [1.165, 1.54) is 5.01 Å². The minimum atomic E-state index is -1.67. The summed E-state index contributed by atoms with van der Waals surface area (Å²) < 4.78 is 10.2. The van der Waals surface area contributed by atoms with Crippen LogP contribution in [-0.4, -0.2) is 47.6 Å². The van der Waals surface area contributed by atoms with E-state index in [4.69, 9.17) is 9.47 Å². The second-order valence-electron chi connectivity index (χ2n) is 7.47. The summed E-state index contributed by atoms with van der Waals surface area (Å²) in [6.07, 6.45) is -1.70. The van der Waals surface area contributed by atoms with Crippen LogP contribution in [0, 0.1) is 6.92 Å². The summed E-state index contributed by atoms with van der Waals surface area (Å²) in [7, 11) is 0. The Morgan fingerprint density at radius 1 is 1.00 bits per heavy atom. The van der Waals surface area contributed by atoms with Crippen LogP contribution in [0.2, 0.25) is 0 Å². The van der Waals surface area contributed by atoms with Gasteiger partial charge in [0.2, 0.25) is 0 Å². The van der Waals surface area contributed by atoms with Crippen LogP contribution in [-0.2, 0) is 20.7 Å². The van der Waals surface area contributed by atoms with Crippen LogP contribution in [0.15, 0.2) is 59.7 Å². The number of ether oxygens (including phenoxy) is 2. The fourth-order valence-electron chi connectivity index (χ4n) is 3.72. The maximum absolute atomic E-state index is 14.0. The number of benzene rings is 2. The molecule has 1 aliphatic heterocycles. The number of hydrogen-bond donors (Lipinski definition) is 1. The van der Waals surface area contributed by atoms with E-state index in [2.05, 4.69) is 10.5 Å². The van der Waals surface area contributed by atoms with Gasteiger partial charge in [0, 0.05) is 6.42 Å². The normalized spacial score (nSPS) is 17.4. The van der Waals surface area contributed by atoms with Crippen molar-refractivity contribution in [3.05, 3.63) is 65.7 Å². The van der Waals surface area contributed by atoms with Crippen LogP contribution in [0.5, 0.6) is 0 Å². The van der Waals surface area contributed by atoms with Gasteiger partial charge in [-0.25, -0.2) is 15.0 Å². The molecular formula is C24H28N4O5. The number of carbonyl (C=O) groups excluding carboxylic acids is 3. The Labute approximate surface area is 192 Å². The van der Waals surface area contributed by atoms with Crippen molar-refractivity contribution < 1.29 is 23.9 Å². The third kappa shape index (κ3) is 4.67. The molecule has 2 aromatic rings. The molecule has 0 bridgehead atoms. The van der Waals surface area contributed by atoms with Gasteiger partial charge in [0.1, 0.15) is 0 Å². The number of amides is 3. The van der Waals surface area contributed by atoms with E-state index >= 15 is 0 Å². The fourth-order valence-corrected chi connectivity index (χ4v) is 3.72. The van der Waals surface area contributed by atoms with Crippen molar-refractivity contribution in [2.45, 2.75) is 39.7 Å². The Bertz CT molecular complexity index is 1060. The first-order chi connectivity index (χ1) is 15.8. The highest BCUT2D eigenvalue weighted by Gasteiger charge is 2.57. The van der Waals surface area contributed by atoms with Crippen molar-refractivity contribution in [2.75, 3.05) is 18.2 Å². The number of carbonyl (C=O) groups is 3. The number of aryl methyl sites for hydroxylation is 1. The Hall–Kier alpha value is -3.88. The first-order valence-corrected chi connectivity index (χ1v) is 10.7. The molecule has 1 aliphatic rings. The van der Waals surface area contributed by atoms with Crippen LogP contribution >= 0.6 is 0 Å². The molecule has 9 nitrogen and oxygen atoms in total. The fraction of sp³-hybridized carbons (Fsp3) is 0.333. The van der Waals surface area contributed by atoms with Crippen LogP contribution in [0.25, 0.3) is 0 Å². The molecule has 0 spiro atoms. The molecule has 0 radical (unpaired) electrons. The van der Waals surface area contributed by atoms with E-state index < -0.39 is 23.6 Å². The van der Waals surface area contributed by atoms with Crippen molar-refractivity contribution in [1.82, 2.24) is 10.4 Å². The zero-order valence-electron chi connectivity index (χ0n) is 19.2. The van der Waals surface area contributed by atoms with Crippen molar-refractivity contribution in [2.24, 2.45) is 5.10 Å². The zero-order chi connectivity index (χ0) is 24.0. The minimum absolute atomic E-state index is 0.0487. The van der Waals surface area contributed by atoms with Crippen LogP contribution in [0.1, 0.15) is 31.9 Å². The van der Waals surface area contributed by atoms with Gasteiger partial charge in [-0.05, 0) is 51.0 Å². The highest BCUT2D eigenvalue weighted by molar-refractivity contribution is 6.23. The largest absolute Gasteiger partial charge is 0.449 e. The number of anilines is 1. The maximum Gasteiger partial charge on any atom is 0.430 e. The average Bonchev–Trinajstić information content (AvgIpc) is 3.05. The number of hydrazine groups is 1. The summed E-state index contributed by atoms with van der Waals surface area (Å²) in [5.41, 5.74) is 3.36. The monoisotopic (exact) mass is 452 g/mol. The van der Waals surface area contributed by atoms with Gasteiger partial charge < -0.3 is 9.47 Å². The summed E-state index contributed by atoms with van der Waals surface area (Å²) in [5.74, 6) is -0.501. The summed E-state index contributed by atoms with van der Waals surface area (Å²) >= 11 is 0. The molecule has 0 saturated heterocycles. The van der Waals surface area contributed by atoms with E-state index in [1.54, 1.807) is 45.0 Å². The van der Waals surface area contributed by atoms with Gasteiger partial charge in [0.15, 0.2) is 5.54 Å². The van der Waals surface area contributed by atoms with Crippen LogP contribution in [0.4, 0.5) is 15.3 Å². The predicted octanol–water partition coefficient (Wildman–Crippen LogP) is 3.82. The average molecular weight is 453 g/mol. The first kappa shape index (κ1) is 23.8. The molecule has 3 rings (SSSR count). The molecule has 1 atom stereocenters. The molecule has 1 N–H and O–H groups in total. The lowest BCUT2D eigenvalue weighted by atomic mass is 9.84. The van der Waals surface area contributed by atoms with E-state index in [0.717, 1.165) is 16.1 Å². The molecule has 0 saturated carbocycles. The van der Waals surface area contributed by atoms with Crippen molar-refractivity contribution in [3.63, 3.8) is 0 Å². The summed E-state index contributed by atoms with van der Waals surface area (Å²) in [6, 6.07) is 16.4. The predicted molar refractivity (Wildman–Crippen MR) is 124 cm³/mol. The zero-order valence-corrected chi connectivity index (χ0v) is 19.2. The van der Waals surface area contributed by atoms with Gasteiger partial charge in [-0.1, -0.05) is 42.5 Å². The Morgan fingerprint density at radius 3 is 2.27 bits per heavy atom. The lowest BCUT2D eigenvalue weighted by Crippen LogP contribution is -2.68. The number of nitrogens with zero attached hydrogens (tertiary/aromatic N) is 3. The number of hydrogen-bond acceptors (Lipinski definition) is 6. The molecule has 174 valence electrons. The first-order valence-electron chi connectivity index (χ1n) is 10.7.